The van der Waals surface area contributed by atoms with Gasteiger partial charge in [0.1, 0.15) is 0 Å². The van der Waals surface area contributed by atoms with Gasteiger partial charge in [0.25, 0.3) is 0 Å². The van der Waals surface area contributed by atoms with Crippen molar-refractivity contribution >= 4 is 0 Å². The Bertz CT molecular complexity index is 1940. The number of hydrogen-bond donors (Lipinski definition) is 1. The van der Waals surface area contributed by atoms with Crippen LogP contribution < -0.4 is 0 Å². The lowest BCUT2D eigenvalue weighted by Gasteiger charge is -2.20. The van der Waals surface area contributed by atoms with Gasteiger partial charge in [0, 0.05) is 18.9 Å². The van der Waals surface area contributed by atoms with Crippen LogP contribution in [-0.2, 0) is 4.74 Å². The summed E-state index contributed by atoms with van der Waals surface area (Å²) in [6.45, 7) is 35.0. The summed E-state index contributed by atoms with van der Waals surface area (Å²) < 4.78 is 5.22. The summed E-state index contributed by atoms with van der Waals surface area (Å²) in [5.74, 6) is 9.03. The van der Waals surface area contributed by atoms with Crippen LogP contribution in [0.2, 0.25) is 0 Å². The standard InChI is InChI=1S/C12H18O.C12H16.3C12H18.C11H16O/c1-10(2)12(9-13-3)11-7-5-4-6-8-11;1-9(2)11-8-12(11)10-6-4-3-5-7-10;3*1-4-12(10(2)3)11-8-6-5-7-9-11;1-9(2)11(8-12)10-6-4-3-5-7-10/h4-8,10,12H,9H2,1-3H3;3-7,9,11-12H,8H2,1-2H3;3*5-10,12H,4H2,1-3H3;3-7,9,11-12H,8H2,1-2H3/t12-;11-,12?;3*12-;11-/m000000/s1. The molecule has 1 fully saturated rings. The van der Waals surface area contributed by atoms with Crippen LogP contribution in [0, 0.1) is 41.4 Å². The van der Waals surface area contributed by atoms with E-state index in [2.05, 4.69) is 262 Å². The average Bonchev–Trinajstić information content (AvgIpc) is 4.21. The first-order valence-electron chi connectivity index (χ1n) is 28.4. The highest BCUT2D eigenvalue weighted by molar-refractivity contribution is 5.26. The zero-order valence-corrected chi connectivity index (χ0v) is 48.9. The van der Waals surface area contributed by atoms with Crippen LogP contribution in [0.5, 0.6) is 0 Å². The van der Waals surface area contributed by atoms with E-state index in [-0.39, 0.29) is 12.5 Å². The second kappa shape index (κ2) is 37.0. The molecule has 73 heavy (non-hydrogen) atoms. The van der Waals surface area contributed by atoms with Gasteiger partial charge in [-0.1, -0.05) is 286 Å². The van der Waals surface area contributed by atoms with E-state index in [9.17, 15) is 0 Å². The molecule has 1 aliphatic rings. The van der Waals surface area contributed by atoms with Crippen molar-refractivity contribution in [1.29, 1.82) is 0 Å². The number of hydrogen-bond acceptors (Lipinski definition) is 2. The summed E-state index contributed by atoms with van der Waals surface area (Å²) in [5, 5.41) is 9.15. The van der Waals surface area contributed by atoms with E-state index >= 15 is 0 Å². The van der Waals surface area contributed by atoms with E-state index in [1.165, 1.54) is 59.1 Å². The van der Waals surface area contributed by atoms with Gasteiger partial charge in [-0.2, -0.15) is 0 Å². The van der Waals surface area contributed by atoms with Crippen molar-refractivity contribution in [3.05, 3.63) is 215 Å². The predicted octanol–water partition coefficient (Wildman–Crippen LogP) is 20.4. The summed E-state index contributed by atoms with van der Waals surface area (Å²) in [6.07, 6.45) is 5.12. The largest absolute Gasteiger partial charge is 0.396 e. The Morgan fingerprint density at radius 3 is 0.822 bits per heavy atom. The summed E-state index contributed by atoms with van der Waals surface area (Å²) in [5.41, 5.74) is 8.59. The van der Waals surface area contributed by atoms with Crippen molar-refractivity contribution in [2.24, 2.45) is 41.4 Å². The molecule has 0 saturated heterocycles. The Balaban J connectivity index is 0.000000300. The fourth-order valence-corrected chi connectivity index (χ4v) is 10.4. The van der Waals surface area contributed by atoms with Gasteiger partial charge >= 0.3 is 0 Å². The van der Waals surface area contributed by atoms with Crippen LogP contribution in [0.4, 0.5) is 0 Å². The van der Waals surface area contributed by atoms with Gasteiger partial charge in [-0.05, 0) is 124 Å². The third-order valence-electron chi connectivity index (χ3n) is 14.9. The number of benzene rings is 6. The molecule has 0 heterocycles. The van der Waals surface area contributed by atoms with Crippen LogP contribution in [0.25, 0.3) is 0 Å². The third kappa shape index (κ3) is 24.4. The summed E-state index contributed by atoms with van der Waals surface area (Å²) >= 11 is 0. The molecule has 7 atom stereocenters. The summed E-state index contributed by atoms with van der Waals surface area (Å²) in [4.78, 5) is 0. The molecule has 0 amide bonds. The first-order valence-corrected chi connectivity index (χ1v) is 28.4. The number of methoxy groups -OCH3 is 1. The van der Waals surface area contributed by atoms with Gasteiger partial charge in [-0.25, -0.2) is 0 Å². The van der Waals surface area contributed by atoms with Crippen molar-refractivity contribution in [3.8, 4) is 0 Å². The minimum atomic E-state index is 0.238. The van der Waals surface area contributed by atoms with E-state index in [1.54, 1.807) is 7.11 Å². The molecule has 400 valence electrons. The molecular weight excluding hydrogens is 885 g/mol. The van der Waals surface area contributed by atoms with E-state index in [4.69, 9.17) is 9.84 Å². The lowest BCUT2D eigenvalue weighted by Crippen LogP contribution is -2.12. The molecule has 2 heteroatoms. The Hall–Kier alpha value is -4.76. The maximum absolute atomic E-state index is 9.15. The molecule has 1 unspecified atom stereocenters. The molecular formula is C71H104O2. The molecule has 6 aromatic rings. The zero-order valence-electron chi connectivity index (χ0n) is 48.9. The summed E-state index contributed by atoms with van der Waals surface area (Å²) in [7, 11) is 1.76. The zero-order chi connectivity index (χ0) is 54.1. The normalized spacial score (nSPS) is 15.7. The second-order valence-corrected chi connectivity index (χ2v) is 22.3. The van der Waals surface area contributed by atoms with Gasteiger partial charge in [0.15, 0.2) is 0 Å². The SMILES string of the molecule is CC(C)[C@@H]1CC1c1ccccc1.CC(C)[C@H](CO)c1ccccc1.CC[C@H](c1ccccc1)C(C)C.CC[C@H](c1ccccc1)C(C)C.CC[C@H](c1ccccc1)C(C)C.COC[C@H](c1ccccc1)C(C)C. The summed E-state index contributed by atoms with van der Waals surface area (Å²) in [6, 6.07) is 64.0. The Labute approximate surface area is 449 Å². The quantitative estimate of drug-likeness (QED) is 0.0930. The minimum absolute atomic E-state index is 0.238. The topological polar surface area (TPSA) is 29.5 Å². The highest BCUT2D eigenvalue weighted by Crippen LogP contribution is 2.51. The van der Waals surface area contributed by atoms with Crippen molar-refractivity contribution < 1.29 is 9.84 Å². The molecule has 0 aromatic heterocycles. The van der Waals surface area contributed by atoms with Crippen molar-refractivity contribution in [1.82, 2.24) is 0 Å². The molecule has 7 rings (SSSR count). The van der Waals surface area contributed by atoms with E-state index < -0.39 is 0 Å². The smallest absolute Gasteiger partial charge is 0.0533 e. The number of aliphatic hydroxyl groups excluding tert-OH is 1. The monoisotopic (exact) mass is 989 g/mol. The van der Waals surface area contributed by atoms with E-state index in [0.29, 0.717) is 17.8 Å². The number of ether oxygens (including phenoxy) is 1. The van der Waals surface area contributed by atoms with Crippen LogP contribution in [0.1, 0.15) is 198 Å². The highest BCUT2D eigenvalue weighted by Gasteiger charge is 2.39. The maximum Gasteiger partial charge on any atom is 0.0533 e. The molecule has 1 aliphatic carbocycles. The molecule has 0 radical (unpaired) electrons. The molecule has 6 aromatic carbocycles. The second-order valence-electron chi connectivity index (χ2n) is 22.3. The first kappa shape index (κ1) is 64.4. The van der Waals surface area contributed by atoms with E-state index in [0.717, 1.165) is 59.9 Å². The van der Waals surface area contributed by atoms with Crippen LogP contribution in [-0.4, -0.2) is 25.4 Å². The van der Waals surface area contributed by atoms with E-state index in [1.807, 2.05) is 24.3 Å². The van der Waals surface area contributed by atoms with Crippen molar-refractivity contribution in [3.63, 3.8) is 0 Å². The van der Waals surface area contributed by atoms with Crippen LogP contribution in [0.15, 0.2) is 182 Å². The fraction of sp³-hybridized carbons (Fsp3) is 0.493. The van der Waals surface area contributed by atoms with Crippen molar-refractivity contribution in [2.45, 2.75) is 165 Å². The van der Waals surface area contributed by atoms with Crippen LogP contribution >= 0.6 is 0 Å². The first-order chi connectivity index (χ1) is 35.1. The molecule has 1 saturated carbocycles. The molecule has 0 bridgehead atoms. The Morgan fingerprint density at radius 2 is 0.616 bits per heavy atom. The lowest BCUT2D eigenvalue weighted by molar-refractivity contribution is 0.162. The molecule has 2 nitrogen and oxygen atoms in total. The average molecular weight is 990 g/mol. The predicted molar refractivity (Wildman–Crippen MR) is 322 cm³/mol. The van der Waals surface area contributed by atoms with Crippen molar-refractivity contribution in [2.75, 3.05) is 20.3 Å². The van der Waals surface area contributed by atoms with Gasteiger partial charge in [0.05, 0.1) is 13.2 Å². The van der Waals surface area contributed by atoms with Crippen LogP contribution in [0.3, 0.4) is 0 Å². The Morgan fingerprint density at radius 1 is 0.370 bits per heavy atom. The number of aliphatic hydroxyl groups is 1. The fourth-order valence-electron chi connectivity index (χ4n) is 10.4. The maximum atomic E-state index is 9.15. The van der Waals surface area contributed by atoms with Gasteiger partial charge in [0.2, 0.25) is 0 Å². The number of rotatable bonds is 18. The third-order valence-corrected chi connectivity index (χ3v) is 14.9. The molecule has 0 aliphatic heterocycles. The molecule has 1 N–H and O–H groups in total. The minimum Gasteiger partial charge on any atom is -0.396 e. The lowest BCUT2D eigenvalue weighted by atomic mass is 9.86. The van der Waals surface area contributed by atoms with Gasteiger partial charge in [-0.15, -0.1) is 0 Å². The Kier molecular flexibility index (Phi) is 32.7. The molecule has 0 spiro atoms. The highest BCUT2D eigenvalue weighted by atomic mass is 16.5. The van der Waals surface area contributed by atoms with Gasteiger partial charge < -0.3 is 9.84 Å². The van der Waals surface area contributed by atoms with Gasteiger partial charge in [-0.3, -0.25) is 0 Å².